The van der Waals surface area contributed by atoms with E-state index >= 15 is 0 Å². The van der Waals surface area contributed by atoms with E-state index < -0.39 is 0 Å². The Morgan fingerprint density at radius 2 is 1.88 bits per heavy atom. The van der Waals surface area contributed by atoms with Crippen molar-refractivity contribution in [3.63, 3.8) is 0 Å². The fraction of sp³-hybridized carbons (Fsp3) is 0.150. The summed E-state index contributed by atoms with van der Waals surface area (Å²) in [7, 11) is 3.68. The number of hydrogen-bond donors (Lipinski definition) is 0. The first kappa shape index (κ1) is 16.5. The Morgan fingerprint density at radius 3 is 2.54 bits per heavy atom. The molecule has 0 aliphatic heterocycles. The molecule has 0 bridgehead atoms. The molecule has 24 heavy (non-hydrogen) atoms. The van der Waals surface area contributed by atoms with Gasteiger partial charge in [0.05, 0.1) is 7.11 Å². The van der Waals surface area contributed by atoms with Gasteiger partial charge in [-0.1, -0.05) is 15.9 Å². The van der Waals surface area contributed by atoms with Crippen molar-refractivity contribution in [1.82, 2.24) is 4.57 Å². The van der Waals surface area contributed by atoms with Crippen molar-refractivity contribution in [3.8, 4) is 5.75 Å². The molecule has 0 unspecified atom stereocenters. The molecule has 0 saturated carbocycles. The Balaban J connectivity index is 2.01. The van der Waals surface area contributed by atoms with Crippen molar-refractivity contribution in [2.75, 3.05) is 7.11 Å². The van der Waals surface area contributed by atoms with Crippen molar-refractivity contribution >= 4 is 38.7 Å². The first-order chi connectivity index (χ1) is 11.5. The van der Waals surface area contributed by atoms with Gasteiger partial charge in [0.2, 0.25) is 0 Å². The molecule has 0 fully saturated rings. The van der Waals surface area contributed by atoms with Gasteiger partial charge in [-0.25, -0.2) is 0 Å². The molecule has 3 rings (SSSR count). The normalized spacial score (nSPS) is 11.3. The molecular formula is C20H18BrNO2. The summed E-state index contributed by atoms with van der Waals surface area (Å²) in [6.07, 6.45) is 3.52. The van der Waals surface area contributed by atoms with Crippen LogP contribution in [0.1, 0.15) is 21.6 Å². The molecule has 0 amide bonds. The number of carbonyl (C=O) groups excluding carboxylic acids is 1. The van der Waals surface area contributed by atoms with Gasteiger partial charge < -0.3 is 9.30 Å². The lowest BCUT2D eigenvalue weighted by Crippen LogP contribution is -1.94. The third kappa shape index (κ3) is 3.02. The van der Waals surface area contributed by atoms with Crippen molar-refractivity contribution in [1.29, 1.82) is 0 Å². The predicted octanol–water partition coefficient (Wildman–Crippen LogP) is 5.15. The maximum Gasteiger partial charge on any atom is 0.185 e. The number of nitrogens with zero attached hydrogens (tertiary/aromatic N) is 1. The Bertz CT molecular complexity index is 936. The van der Waals surface area contributed by atoms with Gasteiger partial charge in [0, 0.05) is 39.2 Å². The third-order valence-corrected chi connectivity index (χ3v) is 4.81. The van der Waals surface area contributed by atoms with Gasteiger partial charge in [-0.15, -0.1) is 0 Å². The number of rotatable bonds is 4. The molecule has 0 aliphatic rings. The fourth-order valence-corrected chi connectivity index (χ4v) is 3.05. The lowest BCUT2D eigenvalue weighted by Gasteiger charge is -2.01. The maximum atomic E-state index is 12.4. The zero-order valence-corrected chi connectivity index (χ0v) is 15.4. The highest BCUT2D eigenvalue weighted by molar-refractivity contribution is 9.10. The van der Waals surface area contributed by atoms with E-state index in [1.54, 1.807) is 13.2 Å². The SMILES string of the molecule is COc1ccc2c(c1)c(/C=C/C(=O)c1ccc(Br)cc1)c(C)n2C. The number of methoxy groups -OCH3 is 1. The molecule has 0 N–H and O–H groups in total. The third-order valence-electron chi connectivity index (χ3n) is 4.28. The van der Waals surface area contributed by atoms with Gasteiger partial charge in [0.25, 0.3) is 0 Å². The molecule has 0 radical (unpaired) electrons. The molecule has 4 heteroatoms. The second-order valence-corrected chi connectivity index (χ2v) is 6.56. The molecule has 2 aromatic carbocycles. The molecule has 0 atom stereocenters. The first-order valence-electron chi connectivity index (χ1n) is 7.62. The minimum Gasteiger partial charge on any atom is -0.497 e. The van der Waals surface area contributed by atoms with Gasteiger partial charge in [-0.3, -0.25) is 4.79 Å². The molecular weight excluding hydrogens is 366 g/mol. The van der Waals surface area contributed by atoms with E-state index in [0.717, 1.165) is 32.4 Å². The van der Waals surface area contributed by atoms with Gasteiger partial charge in [-0.05, 0) is 61.5 Å². The van der Waals surface area contributed by atoms with Crippen LogP contribution in [-0.4, -0.2) is 17.5 Å². The minimum absolute atomic E-state index is 0.0122. The van der Waals surface area contributed by atoms with Gasteiger partial charge >= 0.3 is 0 Å². The molecule has 0 saturated heterocycles. The number of allylic oxidation sites excluding steroid dienone is 1. The minimum atomic E-state index is -0.0122. The van der Waals surface area contributed by atoms with Crippen LogP contribution in [-0.2, 0) is 7.05 Å². The van der Waals surface area contributed by atoms with Crippen LogP contribution in [0.5, 0.6) is 5.75 Å². The summed E-state index contributed by atoms with van der Waals surface area (Å²) in [4.78, 5) is 12.4. The van der Waals surface area contributed by atoms with Crippen molar-refractivity contribution < 1.29 is 9.53 Å². The molecule has 1 aromatic heterocycles. The van der Waals surface area contributed by atoms with Gasteiger partial charge in [-0.2, -0.15) is 0 Å². The Morgan fingerprint density at radius 1 is 1.17 bits per heavy atom. The van der Waals surface area contributed by atoms with E-state index in [0.29, 0.717) is 5.56 Å². The molecule has 0 spiro atoms. The molecule has 3 nitrogen and oxygen atoms in total. The smallest absolute Gasteiger partial charge is 0.185 e. The van der Waals surface area contributed by atoms with Crippen LogP contribution < -0.4 is 4.74 Å². The van der Waals surface area contributed by atoms with Crippen LogP contribution in [0, 0.1) is 6.92 Å². The number of ether oxygens (including phenoxy) is 1. The maximum absolute atomic E-state index is 12.4. The number of aromatic nitrogens is 1. The van der Waals surface area contributed by atoms with E-state index in [1.165, 1.54) is 0 Å². The zero-order valence-electron chi connectivity index (χ0n) is 13.8. The van der Waals surface area contributed by atoms with E-state index in [1.807, 2.05) is 55.6 Å². The summed E-state index contributed by atoms with van der Waals surface area (Å²) in [6.45, 7) is 2.05. The average Bonchev–Trinajstić information content (AvgIpc) is 2.84. The van der Waals surface area contributed by atoms with E-state index in [-0.39, 0.29) is 5.78 Å². The monoisotopic (exact) mass is 383 g/mol. The van der Waals surface area contributed by atoms with E-state index in [4.69, 9.17) is 4.74 Å². The van der Waals surface area contributed by atoms with E-state index in [2.05, 4.69) is 27.4 Å². The van der Waals surface area contributed by atoms with Crippen LogP contribution in [0.2, 0.25) is 0 Å². The molecule has 122 valence electrons. The quantitative estimate of drug-likeness (QED) is 0.460. The number of halogens is 1. The summed E-state index contributed by atoms with van der Waals surface area (Å²) in [6, 6.07) is 13.4. The number of ketones is 1. The van der Waals surface area contributed by atoms with E-state index in [9.17, 15) is 4.79 Å². The first-order valence-corrected chi connectivity index (χ1v) is 8.41. The van der Waals surface area contributed by atoms with Crippen LogP contribution in [0.15, 0.2) is 53.0 Å². The van der Waals surface area contributed by atoms with Crippen molar-refractivity contribution in [2.45, 2.75) is 6.92 Å². The number of benzene rings is 2. The van der Waals surface area contributed by atoms with Crippen LogP contribution >= 0.6 is 15.9 Å². The molecule has 3 aromatic rings. The lowest BCUT2D eigenvalue weighted by atomic mass is 10.1. The standard InChI is InChI=1S/C20H18BrNO2/c1-13-17(9-11-20(23)14-4-6-15(21)7-5-14)18-12-16(24-3)8-10-19(18)22(13)2/h4-12H,1-3H3/b11-9+. The van der Waals surface area contributed by atoms with Crippen LogP contribution in [0.4, 0.5) is 0 Å². The number of hydrogen-bond acceptors (Lipinski definition) is 2. The highest BCUT2D eigenvalue weighted by Gasteiger charge is 2.11. The summed E-state index contributed by atoms with van der Waals surface area (Å²) >= 11 is 3.38. The topological polar surface area (TPSA) is 31.2 Å². The largest absolute Gasteiger partial charge is 0.497 e. The Kier molecular flexibility index (Phi) is 4.58. The van der Waals surface area contributed by atoms with Crippen molar-refractivity contribution in [2.24, 2.45) is 7.05 Å². The lowest BCUT2D eigenvalue weighted by molar-refractivity contribution is 0.104. The highest BCUT2D eigenvalue weighted by atomic mass is 79.9. The molecule has 0 aliphatic carbocycles. The van der Waals surface area contributed by atoms with Crippen molar-refractivity contribution in [3.05, 3.63) is 69.8 Å². The van der Waals surface area contributed by atoms with Gasteiger partial charge in [0.1, 0.15) is 5.75 Å². The second-order valence-electron chi connectivity index (χ2n) is 5.65. The van der Waals surface area contributed by atoms with Crippen LogP contribution in [0.25, 0.3) is 17.0 Å². The summed E-state index contributed by atoms with van der Waals surface area (Å²) in [5, 5.41) is 1.08. The Hall–Kier alpha value is -2.33. The Labute approximate surface area is 149 Å². The summed E-state index contributed by atoms with van der Waals surface area (Å²) in [5.74, 6) is 0.795. The molecule has 1 heterocycles. The predicted molar refractivity (Wildman–Crippen MR) is 102 cm³/mol. The highest BCUT2D eigenvalue weighted by Crippen LogP contribution is 2.29. The summed E-state index contributed by atoms with van der Waals surface area (Å²) in [5.41, 5.74) is 3.93. The average molecular weight is 384 g/mol. The second kappa shape index (κ2) is 6.65. The fourth-order valence-electron chi connectivity index (χ4n) is 2.79. The number of aryl methyl sites for hydroxylation is 1. The van der Waals surface area contributed by atoms with Gasteiger partial charge in [0.15, 0.2) is 5.78 Å². The number of carbonyl (C=O) groups is 1. The number of fused-ring (bicyclic) bond motifs is 1. The summed E-state index contributed by atoms with van der Waals surface area (Å²) < 4.78 is 8.41. The van der Waals surface area contributed by atoms with Crippen LogP contribution in [0.3, 0.4) is 0 Å². The zero-order chi connectivity index (χ0) is 17.3.